The van der Waals surface area contributed by atoms with Gasteiger partial charge < -0.3 is 19.9 Å². The molecule has 2 amide bonds. The number of ether oxygens (including phenoxy) is 1. The van der Waals surface area contributed by atoms with Crippen LogP contribution in [0, 0.1) is 0 Å². The van der Waals surface area contributed by atoms with E-state index >= 15 is 0 Å². The molecule has 0 bridgehead atoms. The maximum absolute atomic E-state index is 13.0. The summed E-state index contributed by atoms with van der Waals surface area (Å²) in [4.78, 5) is 20.0. The summed E-state index contributed by atoms with van der Waals surface area (Å²) in [5, 5.41) is 2.08. The van der Waals surface area contributed by atoms with Crippen molar-refractivity contribution >= 4 is 40.9 Å². The van der Waals surface area contributed by atoms with Crippen molar-refractivity contribution in [3.8, 4) is 5.88 Å². The topological polar surface area (TPSA) is 83.5 Å². The molecule has 1 aromatic carbocycles. The summed E-state index contributed by atoms with van der Waals surface area (Å²) in [6, 6.07) is 6.46. The Kier molecular flexibility index (Phi) is 6.84. The Morgan fingerprint density at radius 3 is 2.55 bits per heavy atom. The van der Waals surface area contributed by atoms with Gasteiger partial charge in [0.15, 0.2) is 0 Å². The van der Waals surface area contributed by atoms with Gasteiger partial charge in [-0.15, -0.1) is 4.37 Å². The molecule has 0 atom stereocenters. The number of anilines is 2. The number of rotatable bonds is 5. The molecule has 174 valence electrons. The Morgan fingerprint density at radius 2 is 1.85 bits per heavy atom. The van der Waals surface area contributed by atoms with Crippen LogP contribution in [0.5, 0.6) is 5.88 Å². The van der Waals surface area contributed by atoms with E-state index in [2.05, 4.69) is 19.0 Å². The van der Waals surface area contributed by atoms with E-state index in [9.17, 15) is 18.0 Å². The van der Waals surface area contributed by atoms with Crippen molar-refractivity contribution in [1.29, 1.82) is 0 Å². The fourth-order valence-electron chi connectivity index (χ4n) is 3.23. The van der Waals surface area contributed by atoms with Crippen LogP contribution in [0.2, 0.25) is 5.02 Å². The van der Waals surface area contributed by atoms with Gasteiger partial charge in [0.2, 0.25) is 5.82 Å². The molecule has 1 aliphatic rings. The van der Waals surface area contributed by atoms with E-state index in [1.165, 1.54) is 11.0 Å². The summed E-state index contributed by atoms with van der Waals surface area (Å²) in [5.74, 6) is 1.01. The molecular weight excluding hydrogens is 481 g/mol. The zero-order valence-corrected chi connectivity index (χ0v) is 18.6. The summed E-state index contributed by atoms with van der Waals surface area (Å²) in [7, 11) is 0. The highest BCUT2D eigenvalue weighted by atomic mass is 35.5. The Balaban J connectivity index is 1.33. The Morgan fingerprint density at radius 1 is 1.12 bits per heavy atom. The van der Waals surface area contributed by atoms with Gasteiger partial charge in [-0.2, -0.15) is 17.5 Å². The van der Waals surface area contributed by atoms with Crippen LogP contribution in [0.3, 0.4) is 0 Å². The maximum Gasteiger partial charge on any atom is 0.417 e. The third-order valence-corrected chi connectivity index (χ3v) is 5.79. The van der Waals surface area contributed by atoms with Crippen LogP contribution in [-0.2, 0) is 12.8 Å². The molecule has 2 aromatic heterocycles. The second-order valence-corrected chi connectivity index (χ2v) is 8.07. The number of nitrogens with one attached hydrogen (secondary N) is 1. The third-order valence-electron chi connectivity index (χ3n) is 4.96. The van der Waals surface area contributed by atoms with Crippen molar-refractivity contribution < 1.29 is 22.7 Å². The van der Waals surface area contributed by atoms with E-state index in [1.807, 2.05) is 17.0 Å². The van der Waals surface area contributed by atoms with Crippen LogP contribution in [0.4, 0.5) is 29.5 Å². The molecule has 1 N–H and O–H groups in total. The van der Waals surface area contributed by atoms with E-state index in [0.29, 0.717) is 44.5 Å². The van der Waals surface area contributed by atoms with Gasteiger partial charge in [-0.25, -0.2) is 4.79 Å². The summed E-state index contributed by atoms with van der Waals surface area (Å²) in [6.45, 7) is 1.97. The van der Waals surface area contributed by atoms with Crippen molar-refractivity contribution in [2.75, 3.05) is 36.4 Å². The lowest BCUT2D eigenvalue weighted by Gasteiger charge is -2.34. The molecule has 1 fully saturated rings. The molecule has 13 heteroatoms. The molecule has 0 saturated carbocycles. The number of nitrogens with zero attached hydrogens (tertiary/aromatic N) is 5. The van der Waals surface area contributed by atoms with Crippen LogP contribution in [0.1, 0.15) is 11.1 Å². The van der Waals surface area contributed by atoms with Gasteiger partial charge in [-0.3, -0.25) is 4.98 Å². The van der Waals surface area contributed by atoms with Crippen LogP contribution in [-0.4, -0.2) is 50.8 Å². The minimum Gasteiger partial charge on any atom is -0.470 e. The first-order valence-electron chi connectivity index (χ1n) is 9.83. The van der Waals surface area contributed by atoms with Crippen molar-refractivity contribution in [2.45, 2.75) is 12.8 Å². The molecule has 4 rings (SSSR count). The number of carbonyl (C=O) groups is 1. The highest BCUT2D eigenvalue weighted by Crippen LogP contribution is 2.36. The van der Waals surface area contributed by atoms with Crippen LogP contribution >= 0.6 is 23.3 Å². The van der Waals surface area contributed by atoms with Gasteiger partial charge in [0.1, 0.15) is 6.61 Å². The van der Waals surface area contributed by atoms with Crippen molar-refractivity contribution in [1.82, 2.24) is 18.6 Å². The zero-order valence-electron chi connectivity index (χ0n) is 17.0. The number of benzene rings is 1. The minimum atomic E-state index is -4.61. The first-order valence-corrected chi connectivity index (χ1v) is 10.9. The third kappa shape index (κ3) is 5.63. The summed E-state index contributed by atoms with van der Waals surface area (Å²) in [6.07, 6.45) is -1.25. The highest BCUT2D eigenvalue weighted by molar-refractivity contribution is 6.99. The molecule has 3 aromatic rings. The molecule has 0 aliphatic carbocycles. The standard InChI is InChI=1S/C20H18ClF3N6O2S/c21-16-2-1-14(11-15(16)20(22,23)24)26-19(31)30-9-7-29(8-10-30)17-18(28-33-27-17)32-12-13-3-5-25-6-4-13/h1-6,11H,7-10,12H2,(H,26,31). The molecular formula is C20H18ClF3N6O2S. The van der Waals surface area contributed by atoms with Crippen molar-refractivity contribution in [3.63, 3.8) is 0 Å². The summed E-state index contributed by atoms with van der Waals surface area (Å²) < 4.78 is 53.4. The number of amides is 2. The van der Waals surface area contributed by atoms with E-state index in [1.54, 1.807) is 12.4 Å². The molecule has 0 spiro atoms. The molecule has 33 heavy (non-hydrogen) atoms. The normalized spacial score (nSPS) is 14.3. The number of urea groups is 1. The number of aromatic nitrogens is 3. The monoisotopic (exact) mass is 498 g/mol. The average Bonchev–Trinajstić information content (AvgIpc) is 3.27. The van der Waals surface area contributed by atoms with Gasteiger partial charge in [0, 0.05) is 44.3 Å². The van der Waals surface area contributed by atoms with Crippen LogP contribution in [0.25, 0.3) is 0 Å². The van der Waals surface area contributed by atoms with Gasteiger partial charge in [-0.1, -0.05) is 11.6 Å². The van der Waals surface area contributed by atoms with Crippen LogP contribution in [0.15, 0.2) is 42.7 Å². The first kappa shape index (κ1) is 23.1. The Hall–Kier alpha value is -3.12. The van der Waals surface area contributed by atoms with E-state index < -0.39 is 22.8 Å². The molecule has 8 nitrogen and oxygen atoms in total. The number of pyridine rings is 1. The van der Waals surface area contributed by atoms with Crippen molar-refractivity contribution in [2.24, 2.45) is 0 Å². The minimum absolute atomic E-state index is 0.0228. The number of hydrogen-bond donors (Lipinski definition) is 1. The average molecular weight is 499 g/mol. The fourth-order valence-corrected chi connectivity index (χ4v) is 3.98. The lowest BCUT2D eigenvalue weighted by molar-refractivity contribution is -0.137. The molecule has 0 unspecified atom stereocenters. The van der Waals surface area contributed by atoms with Gasteiger partial charge in [-0.05, 0) is 35.9 Å². The number of halogens is 4. The number of carbonyl (C=O) groups excluding carboxylic acids is 1. The quantitative estimate of drug-likeness (QED) is 0.556. The van der Waals surface area contributed by atoms with Crippen LogP contribution < -0.4 is 15.0 Å². The second-order valence-electron chi connectivity index (χ2n) is 7.13. The van der Waals surface area contributed by atoms with E-state index in [-0.39, 0.29) is 5.69 Å². The highest BCUT2D eigenvalue weighted by Gasteiger charge is 2.33. The largest absolute Gasteiger partial charge is 0.470 e. The SMILES string of the molecule is O=C(Nc1ccc(Cl)c(C(F)(F)F)c1)N1CCN(c2nsnc2OCc2ccncc2)CC1. The Labute approximate surface area is 196 Å². The van der Waals surface area contributed by atoms with Crippen molar-refractivity contribution in [3.05, 3.63) is 58.9 Å². The number of hydrogen-bond acceptors (Lipinski definition) is 7. The summed E-state index contributed by atoms with van der Waals surface area (Å²) in [5.41, 5.74) is -0.0295. The number of alkyl halides is 3. The Bertz CT molecular complexity index is 1110. The number of piperazine rings is 1. The van der Waals surface area contributed by atoms with E-state index in [4.69, 9.17) is 16.3 Å². The van der Waals surface area contributed by atoms with Gasteiger partial charge >= 0.3 is 12.2 Å². The molecule has 0 radical (unpaired) electrons. The summed E-state index contributed by atoms with van der Waals surface area (Å²) >= 11 is 6.66. The zero-order chi connectivity index (χ0) is 23.4. The lowest BCUT2D eigenvalue weighted by Crippen LogP contribution is -2.50. The predicted molar refractivity (Wildman–Crippen MR) is 118 cm³/mol. The molecule has 1 saturated heterocycles. The second kappa shape index (κ2) is 9.79. The molecule has 3 heterocycles. The van der Waals surface area contributed by atoms with E-state index in [0.717, 1.165) is 29.4 Å². The first-order chi connectivity index (χ1) is 15.8. The lowest BCUT2D eigenvalue weighted by atomic mass is 10.2. The van der Waals surface area contributed by atoms with Gasteiger partial charge in [0.05, 0.1) is 22.3 Å². The maximum atomic E-state index is 13.0. The predicted octanol–water partition coefficient (Wildman–Crippen LogP) is 4.54. The fraction of sp³-hybridized carbons (Fsp3) is 0.300. The smallest absolute Gasteiger partial charge is 0.417 e. The van der Waals surface area contributed by atoms with Gasteiger partial charge in [0.25, 0.3) is 5.88 Å². The molecule has 1 aliphatic heterocycles.